The number of hydrogen-bond acceptors (Lipinski definition) is 8. The summed E-state index contributed by atoms with van der Waals surface area (Å²) in [5.74, 6) is 1.93. The van der Waals surface area contributed by atoms with Gasteiger partial charge in [-0.2, -0.15) is 0 Å². The van der Waals surface area contributed by atoms with E-state index in [9.17, 15) is 9.90 Å². The molecular formula is C23H21N5O4. The van der Waals surface area contributed by atoms with Gasteiger partial charge in [-0.1, -0.05) is 19.1 Å². The topological polar surface area (TPSA) is 123 Å². The number of nitrogens with zero attached hydrogens (tertiary/aromatic N) is 4. The molecule has 0 aliphatic rings. The van der Waals surface area contributed by atoms with Crippen LogP contribution in [0.5, 0.6) is 23.1 Å². The Labute approximate surface area is 184 Å². The molecule has 162 valence electrons. The fourth-order valence-corrected chi connectivity index (χ4v) is 3.08. The molecule has 9 nitrogen and oxygen atoms in total. The Hall–Kier alpha value is -4.27. The van der Waals surface area contributed by atoms with Crippen LogP contribution in [0.15, 0.2) is 54.7 Å². The van der Waals surface area contributed by atoms with E-state index < -0.39 is 0 Å². The summed E-state index contributed by atoms with van der Waals surface area (Å²) in [4.78, 5) is 16.2. The molecule has 0 bridgehead atoms. The monoisotopic (exact) mass is 431 g/mol. The van der Waals surface area contributed by atoms with Crippen molar-refractivity contribution in [3.8, 4) is 34.5 Å². The Morgan fingerprint density at radius 2 is 2.03 bits per heavy atom. The summed E-state index contributed by atoms with van der Waals surface area (Å²) in [7, 11) is 0. The third-order valence-electron chi connectivity index (χ3n) is 4.87. The van der Waals surface area contributed by atoms with Crippen molar-refractivity contribution < 1.29 is 19.4 Å². The van der Waals surface area contributed by atoms with Crippen LogP contribution in [0.25, 0.3) is 11.4 Å². The number of aromatic amines is 1. The van der Waals surface area contributed by atoms with Gasteiger partial charge in [-0.25, -0.2) is 10.1 Å². The van der Waals surface area contributed by atoms with Crippen LogP contribution in [0.2, 0.25) is 0 Å². The minimum absolute atomic E-state index is 0.0421. The number of carbonyl (C=O) groups is 1. The number of nitrogens with one attached hydrogen (secondary N) is 1. The Balaban J connectivity index is 1.40. The fraction of sp³-hybridized carbons (Fsp3) is 0.174. The Kier molecular flexibility index (Phi) is 6.07. The molecule has 0 saturated carbocycles. The van der Waals surface area contributed by atoms with Crippen molar-refractivity contribution in [2.45, 2.75) is 26.9 Å². The highest BCUT2D eigenvalue weighted by molar-refractivity contribution is 5.99. The third kappa shape index (κ3) is 4.56. The van der Waals surface area contributed by atoms with Crippen LogP contribution in [-0.4, -0.2) is 36.5 Å². The van der Waals surface area contributed by atoms with Crippen molar-refractivity contribution >= 4 is 5.78 Å². The smallest absolute Gasteiger partial charge is 0.219 e. The van der Waals surface area contributed by atoms with Crippen LogP contribution in [0.3, 0.4) is 0 Å². The van der Waals surface area contributed by atoms with Crippen LogP contribution in [0.1, 0.15) is 34.8 Å². The van der Waals surface area contributed by atoms with Crippen LogP contribution in [0.4, 0.5) is 0 Å². The molecule has 0 aliphatic carbocycles. The van der Waals surface area contributed by atoms with Crippen molar-refractivity contribution in [2.75, 3.05) is 0 Å². The molecule has 0 aliphatic heterocycles. The van der Waals surface area contributed by atoms with E-state index in [2.05, 4.69) is 25.6 Å². The van der Waals surface area contributed by atoms with E-state index in [1.165, 1.54) is 0 Å². The lowest BCUT2D eigenvalue weighted by molar-refractivity contribution is 0.0985. The second kappa shape index (κ2) is 9.25. The molecule has 2 heterocycles. The largest absolute Gasteiger partial charge is 0.507 e. The van der Waals surface area contributed by atoms with Gasteiger partial charge in [0.1, 0.15) is 23.9 Å². The summed E-state index contributed by atoms with van der Waals surface area (Å²) in [6.45, 7) is 3.73. The number of benzene rings is 2. The van der Waals surface area contributed by atoms with Crippen molar-refractivity contribution in [1.82, 2.24) is 25.6 Å². The number of phenols is 1. The van der Waals surface area contributed by atoms with Gasteiger partial charge in [-0.3, -0.25) is 4.79 Å². The van der Waals surface area contributed by atoms with Gasteiger partial charge in [0.25, 0.3) is 0 Å². The Morgan fingerprint density at radius 3 is 2.75 bits per heavy atom. The molecule has 2 aromatic carbocycles. The van der Waals surface area contributed by atoms with Gasteiger partial charge in [0, 0.05) is 35.4 Å². The van der Waals surface area contributed by atoms with Gasteiger partial charge in [0.05, 0.1) is 5.56 Å². The minimum Gasteiger partial charge on any atom is -0.507 e. The number of H-pyrrole nitrogens is 1. The van der Waals surface area contributed by atoms with Gasteiger partial charge in [0.15, 0.2) is 11.6 Å². The molecule has 0 radical (unpaired) electrons. The summed E-state index contributed by atoms with van der Waals surface area (Å²) >= 11 is 0. The SMILES string of the molecule is CCC(=O)c1ccc(OCc2ccc(Oc3cccc(-c4nnn[nH]4)c3)nc2)c(C)c1O. The van der Waals surface area contributed by atoms with Crippen molar-refractivity contribution in [3.05, 3.63) is 71.4 Å². The van der Waals surface area contributed by atoms with Crippen LogP contribution in [-0.2, 0) is 6.61 Å². The first-order valence-corrected chi connectivity index (χ1v) is 10.0. The highest BCUT2D eigenvalue weighted by Crippen LogP contribution is 2.32. The quantitative estimate of drug-likeness (QED) is 0.397. The summed E-state index contributed by atoms with van der Waals surface area (Å²) in [6, 6.07) is 14.2. The second-order valence-electron chi connectivity index (χ2n) is 7.03. The van der Waals surface area contributed by atoms with E-state index in [-0.39, 0.29) is 18.1 Å². The predicted octanol–water partition coefficient (Wildman–Crippen LogP) is 4.24. The molecule has 32 heavy (non-hydrogen) atoms. The van der Waals surface area contributed by atoms with Gasteiger partial charge >= 0.3 is 0 Å². The average Bonchev–Trinajstić information content (AvgIpc) is 3.36. The summed E-state index contributed by atoms with van der Waals surface area (Å²) in [5, 5.41) is 24.0. The van der Waals surface area contributed by atoms with Gasteiger partial charge in [-0.05, 0) is 47.7 Å². The molecule has 2 N–H and O–H groups in total. The number of aromatic nitrogens is 5. The lowest BCUT2D eigenvalue weighted by Crippen LogP contribution is -2.02. The van der Waals surface area contributed by atoms with Crippen molar-refractivity contribution in [1.29, 1.82) is 0 Å². The van der Waals surface area contributed by atoms with Crippen molar-refractivity contribution in [2.24, 2.45) is 0 Å². The first kappa shape index (κ1) is 21.0. The zero-order valence-electron chi connectivity index (χ0n) is 17.6. The van der Waals surface area contributed by atoms with Crippen LogP contribution >= 0.6 is 0 Å². The normalized spacial score (nSPS) is 10.7. The number of carbonyl (C=O) groups excluding carboxylic acids is 1. The highest BCUT2D eigenvalue weighted by Gasteiger charge is 2.15. The molecule has 9 heteroatoms. The summed E-state index contributed by atoms with van der Waals surface area (Å²) in [5.41, 5.74) is 2.46. The number of phenolic OH excluding ortho intramolecular Hbond substituents is 1. The van der Waals surface area contributed by atoms with Gasteiger partial charge < -0.3 is 14.6 Å². The maximum Gasteiger partial charge on any atom is 0.219 e. The lowest BCUT2D eigenvalue weighted by Gasteiger charge is -2.13. The number of pyridine rings is 1. The molecule has 0 unspecified atom stereocenters. The fourth-order valence-electron chi connectivity index (χ4n) is 3.08. The van der Waals surface area contributed by atoms with E-state index in [1.54, 1.807) is 38.2 Å². The van der Waals surface area contributed by atoms with E-state index >= 15 is 0 Å². The van der Waals surface area contributed by atoms with E-state index in [0.29, 0.717) is 40.8 Å². The highest BCUT2D eigenvalue weighted by atomic mass is 16.5. The van der Waals surface area contributed by atoms with Crippen molar-refractivity contribution in [3.63, 3.8) is 0 Å². The zero-order chi connectivity index (χ0) is 22.5. The maximum absolute atomic E-state index is 11.9. The molecule has 0 atom stereocenters. The number of ether oxygens (including phenoxy) is 2. The average molecular weight is 431 g/mol. The number of ketones is 1. The summed E-state index contributed by atoms with van der Waals surface area (Å²) in [6.07, 6.45) is 1.98. The maximum atomic E-state index is 11.9. The molecule has 0 spiro atoms. The lowest BCUT2D eigenvalue weighted by atomic mass is 10.0. The predicted molar refractivity (Wildman–Crippen MR) is 116 cm³/mol. The zero-order valence-corrected chi connectivity index (χ0v) is 17.6. The van der Waals surface area contributed by atoms with E-state index in [4.69, 9.17) is 9.47 Å². The van der Waals surface area contributed by atoms with Crippen LogP contribution in [0, 0.1) is 6.92 Å². The number of aromatic hydroxyl groups is 1. The number of rotatable bonds is 8. The standard InChI is InChI=1S/C23H21N5O4/c1-3-19(29)18-8-9-20(14(2)22(18)30)31-13-15-7-10-21(24-12-15)32-17-6-4-5-16(11-17)23-25-27-28-26-23/h4-12,30H,3,13H2,1-2H3,(H,25,26,27,28). The van der Waals surface area contributed by atoms with Gasteiger partial charge in [0.2, 0.25) is 5.88 Å². The minimum atomic E-state index is -0.111. The molecule has 0 saturated heterocycles. The van der Waals surface area contributed by atoms with Gasteiger partial charge in [-0.15, -0.1) is 5.10 Å². The first-order chi connectivity index (χ1) is 15.5. The first-order valence-electron chi connectivity index (χ1n) is 10.0. The van der Waals surface area contributed by atoms with E-state index in [1.807, 2.05) is 30.3 Å². The van der Waals surface area contributed by atoms with Crippen LogP contribution < -0.4 is 9.47 Å². The summed E-state index contributed by atoms with van der Waals surface area (Å²) < 4.78 is 11.6. The molecule has 0 fully saturated rings. The molecule has 4 aromatic rings. The molecule has 4 rings (SSSR count). The number of tetrazole rings is 1. The molecular weight excluding hydrogens is 410 g/mol. The number of Topliss-reactive ketones (excluding diaryl/α,β-unsaturated/α-hetero) is 1. The Morgan fingerprint density at radius 1 is 1.16 bits per heavy atom. The number of hydrogen-bond donors (Lipinski definition) is 2. The molecule has 0 amide bonds. The van der Waals surface area contributed by atoms with E-state index in [0.717, 1.165) is 11.1 Å². The second-order valence-corrected chi connectivity index (χ2v) is 7.03. The third-order valence-corrected chi connectivity index (χ3v) is 4.87. The molecule has 2 aromatic heterocycles. The Bertz CT molecular complexity index is 1220.